The van der Waals surface area contributed by atoms with Crippen molar-refractivity contribution in [2.75, 3.05) is 11.1 Å². The van der Waals surface area contributed by atoms with Gasteiger partial charge in [0, 0.05) is 26.8 Å². The number of rotatable bonds is 4. The van der Waals surface area contributed by atoms with Crippen molar-refractivity contribution >= 4 is 62.5 Å². The molecule has 0 radical (unpaired) electrons. The third-order valence-corrected chi connectivity index (χ3v) is 4.68. The minimum atomic E-state index is -0.294. The Kier molecular flexibility index (Phi) is 5.71. The van der Waals surface area contributed by atoms with Crippen LogP contribution in [0.1, 0.15) is 5.76 Å². The number of furan rings is 1. The summed E-state index contributed by atoms with van der Waals surface area (Å²) < 4.78 is 6.42. The molecule has 0 fully saturated rings. The topological polar surface area (TPSA) is 68.3 Å². The van der Waals surface area contributed by atoms with Gasteiger partial charge in [-0.2, -0.15) is 0 Å². The molecule has 0 unspecified atom stereocenters. The Morgan fingerprint density at radius 2 is 1.92 bits per heavy atom. The molecule has 0 atom stereocenters. The second-order valence-corrected chi connectivity index (χ2v) is 7.09. The molecule has 0 spiro atoms. The normalized spacial score (nSPS) is 11.0. The van der Waals surface area contributed by atoms with Gasteiger partial charge in [0.15, 0.2) is 0 Å². The quantitative estimate of drug-likeness (QED) is 0.363. The number of nitrogens with two attached hydrogens (primary N) is 1. The molecular weight excluding hydrogens is 439 g/mol. The summed E-state index contributed by atoms with van der Waals surface area (Å²) in [6.07, 6.45) is 2.96. The highest BCUT2D eigenvalue weighted by Crippen LogP contribution is 2.31. The number of nitrogens with one attached hydrogen (secondary N) is 1. The SMILES string of the molecule is Nc1ccc(NC(=O)/C=C/c2ccc(-c3ccc(Cl)cc3Cl)o2)c(Br)c1. The van der Waals surface area contributed by atoms with Crippen molar-refractivity contribution in [2.24, 2.45) is 0 Å². The number of carbonyl (C=O) groups is 1. The lowest BCUT2D eigenvalue weighted by molar-refractivity contribution is -0.111. The average Bonchev–Trinajstić information content (AvgIpc) is 3.04. The molecule has 0 aliphatic heterocycles. The largest absolute Gasteiger partial charge is 0.457 e. The van der Waals surface area contributed by atoms with Crippen LogP contribution in [0.25, 0.3) is 17.4 Å². The molecular formula is C19H13BrCl2N2O2. The Bertz CT molecular complexity index is 999. The Morgan fingerprint density at radius 1 is 1.12 bits per heavy atom. The first-order valence-electron chi connectivity index (χ1n) is 7.52. The number of carbonyl (C=O) groups excluding carboxylic acids is 1. The van der Waals surface area contributed by atoms with Crippen molar-refractivity contribution in [3.63, 3.8) is 0 Å². The van der Waals surface area contributed by atoms with Crippen molar-refractivity contribution in [1.29, 1.82) is 0 Å². The van der Waals surface area contributed by atoms with Gasteiger partial charge in [-0.3, -0.25) is 4.79 Å². The lowest BCUT2D eigenvalue weighted by atomic mass is 10.2. The van der Waals surface area contributed by atoms with Gasteiger partial charge in [0.1, 0.15) is 11.5 Å². The molecule has 0 saturated carbocycles. The number of amides is 1. The summed E-state index contributed by atoms with van der Waals surface area (Å²) in [7, 11) is 0. The molecule has 0 bridgehead atoms. The third kappa shape index (κ3) is 4.49. The fourth-order valence-electron chi connectivity index (χ4n) is 2.24. The van der Waals surface area contributed by atoms with Crippen molar-refractivity contribution in [2.45, 2.75) is 0 Å². The second-order valence-electron chi connectivity index (χ2n) is 5.39. The zero-order chi connectivity index (χ0) is 18.7. The van der Waals surface area contributed by atoms with E-state index in [0.29, 0.717) is 37.4 Å². The maximum Gasteiger partial charge on any atom is 0.248 e. The van der Waals surface area contributed by atoms with Gasteiger partial charge in [0.2, 0.25) is 5.91 Å². The zero-order valence-corrected chi connectivity index (χ0v) is 16.4. The summed E-state index contributed by atoms with van der Waals surface area (Å²) in [6, 6.07) is 13.8. The Balaban J connectivity index is 1.71. The number of nitrogen functional groups attached to an aromatic ring is 1. The molecule has 1 heterocycles. The maximum absolute atomic E-state index is 12.1. The lowest BCUT2D eigenvalue weighted by Gasteiger charge is -2.05. The molecule has 7 heteroatoms. The van der Waals surface area contributed by atoms with Gasteiger partial charge in [0.05, 0.1) is 10.7 Å². The van der Waals surface area contributed by atoms with E-state index in [1.807, 2.05) is 0 Å². The smallest absolute Gasteiger partial charge is 0.248 e. The van der Waals surface area contributed by atoms with Crippen LogP contribution in [0.2, 0.25) is 10.0 Å². The zero-order valence-electron chi connectivity index (χ0n) is 13.3. The van der Waals surface area contributed by atoms with Gasteiger partial charge >= 0.3 is 0 Å². The molecule has 1 aromatic heterocycles. The fourth-order valence-corrected chi connectivity index (χ4v) is 3.24. The van der Waals surface area contributed by atoms with Crippen LogP contribution in [0.3, 0.4) is 0 Å². The summed E-state index contributed by atoms with van der Waals surface area (Å²) in [4.78, 5) is 12.1. The fraction of sp³-hybridized carbons (Fsp3) is 0. The van der Waals surface area contributed by atoms with Crippen LogP contribution in [0.15, 0.2) is 63.5 Å². The summed E-state index contributed by atoms with van der Waals surface area (Å²) in [6.45, 7) is 0. The number of benzene rings is 2. The molecule has 3 rings (SSSR count). The predicted molar refractivity (Wildman–Crippen MR) is 110 cm³/mol. The van der Waals surface area contributed by atoms with Gasteiger partial charge in [-0.1, -0.05) is 23.2 Å². The molecule has 0 aliphatic carbocycles. The van der Waals surface area contributed by atoms with E-state index >= 15 is 0 Å². The number of anilines is 2. The highest BCUT2D eigenvalue weighted by molar-refractivity contribution is 9.10. The lowest BCUT2D eigenvalue weighted by Crippen LogP contribution is -2.08. The molecule has 132 valence electrons. The van der Waals surface area contributed by atoms with Gasteiger partial charge < -0.3 is 15.5 Å². The van der Waals surface area contributed by atoms with E-state index in [1.165, 1.54) is 6.08 Å². The van der Waals surface area contributed by atoms with E-state index < -0.39 is 0 Å². The summed E-state index contributed by atoms with van der Waals surface area (Å²) >= 11 is 15.4. The summed E-state index contributed by atoms with van der Waals surface area (Å²) in [5.74, 6) is 0.823. The van der Waals surface area contributed by atoms with Gasteiger partial charge in [-0.05, 0) is 70.5 Å². The molecule has 1 amide bonds. The highest BCUT2D eigenvalue weighted by Gasteiger charge is 2.09. The van der Waals surface area contributed by atoms with E-state index in [1.54, 1.807) is 54.6 Å². The summed E-state index contributed by atoms with van der Waals surface area (Å²) in [5.41, 5.74) is 7.64. The van der Waals surface area contributed by atoms with Crippen molar-refractivity contribution in [1.82, 2.24) is 0 Å². The maximum atomic E-state index is 12.1. The number of hydrogen-bond donors (Lipinski definition) is 2. The van der Waals surface area contributed by atoms with E-state index in [-0.39, 0.29) is 5.91 Å². The van der Waals surface area contributed by atoms with Crippen molar-refractivity contribution in [3.8, 4) is 11.3 Å². The highest BCUT2D eigenvalue weighted by atomic mass is 79.9. The third-order valence-electron chi connectivity index (χ3n) is 3.47. The minimum Gasteiger partial charge on any atom is -0.457 e. The van der Waals surface area contributed by atoms with Crippen LogP contribution in [0, 0.1) is 0 Å². The Hall–Kier alpha value is -2.21. The monoisotopic (exact) mass is 450 g/mol. The van der Waals surface area contributed by atoms with E-state index in [0.717, 1.165) is 5.56 Å². The van der Waals surface area contributed by atoms with Crippen LogP contribution in [0.4, 0.5) is 11.4 Å². The van der Waals surface area contributed by atoms with Gasteiger partial charge in [-0.15, -0.1) is 0 Å². The van der Waals surface area contributed by atoms with Crippen molar-refractivity contribution < 1.29 is 9.21 Å². The minimum absolute atomic E-state index is 0.294. The molecule has 0 saturated heterocycles. The first-order valence-corrected chi connectivity index (χ1v) is 9.06. The molecule has 26 heavy (non-hydrogen) atoms. The van der Waals surface area contributed by atoms with Gasteiger partial charge in [0.25, 0.3) is 0 Å². The first kappa shape index (κ1) is 18.6. The second kappa shape index (κ2) is 7.99. The van der Waals surface area contributed by atoms with Crippen LogP contribution < -0.4 is 11.1 Å². The molecule has 3 aromatic rings. The van der Waals surface area contributed by atoms with Crippen LogP contribution in [-0.2, 0) is 4.79 Å². The van der Waals surface area contributed by atoms with Crippen molar-refractivity contribution in [3.05, 3.63) is 74.9 Å². The predicted octanol–water partition coefficient (Wildman–Crippen LogP) is 6.25. The Morgan fingerprint density at radius 3 is 2.65 bits per heavy atom. The number of halogens is 3. The van der Waals surface area contributed by atoms with Crippen LogP contribution >= 0.6 is 39.1 Å². The first-order chi connectivity index (χ1) is 12.4. The van der Waals surface area contributed by atoms with Crippen LogP contribution in [0.5, 0.6) is 0 Å². The molecule has 2 aromatic carbocycles. The van der Waals surface area contributed by atoms with E-state index in [2.05, 4.69) is 21.2 Å². The van der Waals surface area contributed by atoms with Gasteiger partial charge in [-0.25, -0.2) is 0 Å². The van der Waals surface area contributed by atoms with E-state index in [9.17, 15) is 4.79 Å². The molecule has 4 nitrogen and oxygen atoms in total. The molecule has 3 N–H and O–H groups in total. The number of hydrogen-bond acceptors (Lipinski definition) is 3. The summed E-state index contributed by atoms with van der Waals surface area (Å²) in [5, 5.41) is 3.80. The van der Waals surface area contributed by atoms with Crippen LogP contribution in [-0.4, -0.2) is 5.91 Å². The van der Waals surface area contributed by atoms with E-state index in [4.69, 9.17) is 33.4 Å². The molecule has 0 aliphatic rings. The standard InChI is InChI=1S/C19H13BrCl2N2O2/c20-15-10-12(23)2-6-17(15)24-19(25)8-4-13-3-7-18(26-13)14-5-1-11(21)9-16(14)22/h1-10H,23H2,(H,24,25)/b8-4+. The average molecular weight is 452 g/mol. The Labute approximate surface area is 168 Å².